The number of aliphatic hydroxyl groups excluding tert-OH is 1. The number of esters is 1. The minimum Gasteiger partial charge on any atom is -0.458 e. The smallest absolute Gasteiger partial charge is 0.338 e. The van der Waals surface area contributed by atoms with Crippen LogP contribution in [0.1, 0.15) is 49.0 Å². The zero-order valence-corrected chi connectivity index (χ0v) is 13.5. The fourth-order valence-corrected chi connectivity index (χ4v) is 2.05. The minimum absolute atomic E-state index is 0.0870. The van der Waals surface area contributed by atoms with E-state index in [0.29, 0.717) is 12.0 Å². The van der Waals surface area contributed by atoms with Crippen LogP contribution in [0.25, 0.3) is 0 Å². The standard InChI is InChI=1S/C17H25NO4/c1-4-6-15(11-16(20)18(3)12-19)22-17(21)14-9-7-13(5-2)8-10-14/h7-10,15,19H,4-6,11-12H2,1-3H3. The van der Waals surface area contributed by atoms with Crippen molar-refractivity contribution in [2.24, 2.45) is 0 Å². The molecule has 0 saturated carbocycles. The summed E-state index contributed by atoms with van der Waals surface area (Å²) in [7, 11) is 1.51. The average Bonchev–Trinajstić information content (AvgIpc) is 2.54. The minimum atomic E-state index is -0.468. The molecular formula is C17H25NO4. The summed E-state index contributed by atoms with van der Waals surface area (Å²) in [6, 6.07) is 7.28. The van der Waals surface area contributed by atoms with Gasteiger partial charge in [-0.2, -0.15) is 0 Å². The second kappa shape index (κ2) is 9.20. The Hall–Kier alpha value is -1.88. The van der Waals surface area contributed by atoms with Crippen LogP contribution in [0.5, 0.6) is 0 Å². The molecule has 1 atom stereocenters. The van der Waals surface area contributed by atoms with Gasteiger partial charge in [0.25, 0.3) is 0 Å². The van der Waals surface area contributed by atoms with Crippen LogP contribution in [0.2, 0.25) is 0 Å². The largest absolute Gasteiger partial charge is 0.458 e. The molecule has 1 amide bonds. The summed E-state index contributed by atoms with van der Waals surface area (Å²) in [5.41, 5.74) is 1.64. The van der Waals surface area contributed by atoms with Crippen molar-refractivity contribution in [2.75, 3.05) is 13.8 Å². The molecule has 0 saturated heterocycles. The molecular weight excluding hydrogens is 282 g/mol. The monoisotopic (exact) mass is 307 g/mol. The van der Waals surface area contributed by atoms with E-state index in [1.54, 1.807) is 12.1 Å². The van der Waals surface area contributed by atoms with Gasteiger partial charge in [0.15, 0.2) is 0 Å². The third kappa shape index (κ3) is 5.48. The molecule has 0 aliphatic carbocycles. The first-order chi connectivity index (χ1) is 10.5. The summed E-state index contributed by atoms with van der Waals surface area (Å²) in [5, 5.41) is 8.95. The van der Waals surface area contributed by atoms with Gasteiger partial charge in [-0.25, -0.2) is 4.79 Å². The van der Waals surface area contributed by atoms with Gasteiger partial charge in [0.1, 0.15) is 12.8 Å². The molecule has 0 spiro atoms. The predicted molar refractivity (Wildman–Crippen MR) is 84.4 cm³/mol. The number of hydrogen-bond donors (Lipinski definition) is 1. The number of amides is 1. The third-order valence-electron chi connectivity index (χ3n) is 3.52. The molecule has 0 radical (unpaired) electrons. The number of rotatable bonds is 8. The maximum atomic E-state index is 12.2. The highest BCUT2D eigenvalue weighted by Crippen LogP contribution is 2.13. The number of aryl methyl sites for hydroxylation is 1. The van der Waals surface area contributed by atoms with E-state index in [-0.39, 0.29) is 19.1 Å². The summed E-state index contributed by atoms with van der Waals surface area (Å²) in [6.07, 6.45) is 1.95. The first kappa shape index (κ1) is 18.2. The van der Waals surface area contributed by atoms with Gasteiger partial charge in [-0.05, 0) is 30.5 Å². The van der Waals surface area contributed by atoms with Gasteiger partial charge in [-0.15, -0.1) is 0 Å². The average molecular weight is 307 g/mol. The highest BCUT2D eigenvalue weighted by Gasteiger charge is 2.20. The molecule has 5 heteroatoms. The number of carbonyl (C=O) groups is 2. The highest BCUT2D eigenvalue weighted by atomic mass is 16.5. The number of benzene rings is 1. The molecule has 0 aliphatic heterocycles. The van der Waals surface area contributed by atoms with Crippen LogP contribution in [-0.2, 0) is 16.0 Å². The molecule has 1 aromatic carbocycles. The maximum Gasteiger partial charge on any atom is 0.338 e. The molecule has 1 rings (SSSR count). The van der Waals surface area contributed by atoms with Crippen molar-refractivity contribution in [3.05, 3.63) is 35.4 Å². The quantitative estimate of drug-likeness (QED) is 0.591. The summed E-state index contributed by atoms with van der Waals surface area (Å²) in [4.78, 5) is 25.2. The van der Waals surface area contributed by atoms with E-state index in [1.807, 2.05) is 26.0 Å². The first-order valence-electron chi connectivity index (χ1n) is 7.66. The Balaban J connectivity index is 2.68. The van der Waals surface area contributed by atoms with Gasteiger partial charge in [0.05, 0.1) is 12.0 Å². The fraction of sp³-hybridized carbons (Fsp3) is 0.529. The van der Waals surface area contributed by atoms with Gasteiger partial charge < -0.3 is 14.7 Å². The Morgan fingerprint density at radius 2 is 1.86 bits per heavy atom. The maximum absolute atomic E-state index is 12.2. The Morgan fingerprint density at radius 1 is 1.23 bits per heavy atom. The molecule has 22 heavy (non-hydrogen) atoms. The summed E-state index contributed by atoms with van der Waals surface area (Å²) >= 11 is 0. The topological polar surface area (TPSA) is 66.8 Å². The van der Waals surface area contributed by atoms with Crippen molar-refractivity contribution in [1.29, 1.82) is 0 Å². The highest BCUT2D eigenvalue weighted by molar-refractivity contribution is 5.89. The van der Waals surface area contributed by atoms with Crippen LogP contribution < -0.4 is 0 Å². The number of carbonyl (C=O) groups excluding carboxylic acids is 2. The Kier molecular flexibility index (Phi) is 7.60. The van der Waals surface area contributed by atoms with Gasteiger partial charge in [0.2, 0.25) is 5.91 Å². The Morgan fingerprint density at radius 3 is 2.36 bits per heavy atom. The molecule has 0 aromatic heterocycles. The SMILES string of the molecule is CCCC(CC(=O)N(C)CO)OC(=O)c1ccc(CC)cc1. The molecule has 5 nitrogen and oxygen atoms in total. The van der Waals surface area contributed by atoms with Gasteiger partial charge in [0, 0.05) is 7.05 Å². The second-order valence-electron chi connectivity index (χ2n) is 5.30. The lowest BCUT2D eigenvalue weighted by atomic mass is 10.1. The molecule has 122 valence electrons. The third-order valence-corrected chi connectivity index (χ3v) is 3.52. The van der Waals surface area contributed by atoms with Crippen molar-refractivity contribution in [2.45, 2.75) is 45.6 Å². The van der Waals surface area contributed by atoms with Gasteiger partial charge in [-0.3, -0.25) is 4.79 Å². The molecule has 0 aliphatic rings. The van der Waals surface area contributed by atoms with Crippen LogP contribution in [0.3, 0.4) is 0 Å². The molecule has 0 bridgehead atoms. The number of nitrogens with zero attached hydrogens (tertiary/aromatic N) is 1. The number of ether oxygens (including phenoxy) is 1. The van der Waals surface area contributed by atoms with E-state index >= 15 is 0 Å². The van der Waals surface area contributed by atoms with Crippen molar-refractivity contribution in [3.63, 3.8) is 0 Å². The zero-order valence-electron chi connectivity index (χ0n) is 13.5. The van der Waals surface area contributed by atoms with Crippen LogP contribution in [0, 0.1) is 0 Å². The Bertz CT molecular complexity index is 484. The van der Waals surface area contributed by atoms with Crippen molar-refractivity contribution >= 4 is 11.9 Å². The molecule has 0 heterocycles. The number of hydrogen-bond acceptors (Lipinski definition) is 4. The van der Waals surface area contributed by atoms with Gasteiger partial charge >= 0.3 is 5.97 Å². The molecule has 0 fully saturated rings. The lowest BCUT2D eigenvalue weighted by molar-refractivity contribution is -0.135. The van der Waals surface area contributed by atoms with Crippen molar-refractivity contribution < 1.29 is 19.4 Å². The normalized spacial score (nSPS) is 11.8. The summed E-state index contributed by atoms with van der Waals surface area (Å²) in [5.74, 6) is -0.657. The molecule has 1 unspecified atom stereocenters. The van der Waals surface area contributed by atoms with Crippen LogP contribution in [0.15, 0.2) is 24.3 Å². The first-order valence-corrected chi connectivity index (χ1v) is 7.66. The van der Waals surface area contributed by atoms with Gasteiger partial charge in [-0.1, -0.05) is 32.4 Å². The fourth-order valence-electron chi connectivity index (χ4n) is 2.05. The zero-order chi connectivity index (χ0) is 16.5. The molecule has 1 N–H and O–H groups in total. The van der Waals surface area contributed by atoms with E-state index in [0.717, 1.165) is 18.4 Å². The number of aliphatic hydroxyl groups is 1. The Labute approximate surface area is 131 Å². The van der Waals surface area contributed by atoms with E-state index in [2.05, 4.69) is 0 Å². The second-order valence-corrected chi connectivity index (χ2v) is 5.30. The van der Waals surface area contributed by atoms with E-state index in [4.69, 9.17) is 9.84 Å². The van der Waals surface area contributed by atoms with Crippen LogP contribution in [-0.4, -0.2) is 41.8 Å². The lowest BCUT2D eigenvalue weighted by Gasteiger charge is -2.20. The van der Waals surface area contributed by atoms with Crippen LogP contribution in [0.4, 0.5) is 0 Å². The summed E-state index contributed by atoms with van der Waals surface area (Å²) < 4.78 is 5.45. The van der Waals surface area contributed by atoms with E-state index < -0.39 is 12.1 Å². The predicted octanol–water partition coefficient (Wildman–Crippen LogP) is 2.37. The van der Waals surface area contributed by atoms with E-state index in [1.165, 1.54) is 11.9 Å². The van der Waals surface area contributed by atoms with Crippen molar-refractivity contribution in [1.82, 2.24) is 4.90 Å². The van der Waals surface area contributed by atoms with Crippen LogP contribution >= 0.6 is 0 Å². The lowest BCUT2D eigenvalue weighted by Crippen LogP contribution is -2.32. The van der Waals surface area contributed by atoms with E-state index in [9.17, 15) is 9.59 Å². The molecule has 1 aromatic rings. The van der Waals surface area contributed by atoms with Crippen molar-refractivity contribution in [3.8, 4) is 0 Å². The summed E-state index contributed by atoms with van der Waals surface area (Å²) in [6.45, 7) is 3.68.